The summed E-state index contributed by atoms with van der Waals surface area (Å²) in [6.07, 6.45) is 3.51. The van der Waals surface area contributed by atoms with Crippen LogP contribution in [0.1, 0.15) is 17.7 Å². The van der Waals surface area contributed by atoms with Gasteiger partial charge in [0.05, 0.1) is 0 Å². The molecule has 62 valence electrons. The van der Waals surface area contributed by atoms with Crippen LogP contribution in [0.25, 0.3) is 0 Å². The summed E-state index contributed by atoms with van der Waals surface area (Å²) in [5, 5.41) is 0.674. The van der Waals surface area contributed by atoms with Crippen LogP contribution < -0.4 is 0 Å². The molecule has 12 heavy (non-hydrogen) atoms. The highest BCUT2D eigenvalue weighted by molar-refractivity contribution is 6.31. The first-order chi connectivity index (χ1) is 5.77. The van der Waals surface area contributed by atoms with Gasteiger partial charge in [-0.1, -0.05) is 11.6 Å². The van der Waals surface area contributed by atoms with Crippen molar-refractivity contribution in [3.63, 3.8) is 0 Å². The molecular weight excluding hydrogens is 174 g/mol. The highest BCUT2D eigenvalue weighted by atomic mass is 35.5. The fourth-order valence-corrected chi connectivity index (χ4v) is 1.69. The third-order valence-electron chi connectivity index (χ3n) is 2.10. The number of fused-ring (bicyclic) bond motifs is 1. The summed E-state index contributed by atoms with van der Waals surface area (Å²) < 4.78 is 0. The molecule has 0 saturated heterocycles. The van der Waals surface area contributed by atoms with Gasteiger partial charge >= 0.3 is 0 Å². The van der Waals surface area contributed by atoms with E-state index in [0.29, 0.717) is 17.9 Å². The lowest BCUT2D eigenvalue weighted by molar-refractivity contribution is -0.118. The van der Waals surface area contributed by atoms with Gasteiger partial charge in [-0.25, -0.2) is 0 Å². The summed E-state index contributed by atoms with van der Waals surface area (Å²) in [6, 6.07) is 1.74. The number of halogens is 1. The van der Waals surface area contributed by atoms with Gasteiger partial charge in [-0.15, -0.1) is 0 Å². The fraction of sp³-hybridized carbons (Fsp3) is 0.333. The van der Waals surface area contributed by atoms with Crippen LogP contribution in [-0.2, 0) is 17.6 Å². The molecule has 1 heterocycles. The number of ketones is 1. The van der Waals surface area contributed by atoms with E-state index in [0.717, 1.165) is 17.7 Å². The first kappa shape index (κ1) is 7.74. The van der Waals surface area contributed by atoms with Crippen molar-refractivity contribution in [2.24, 2.45) is 0 Å². The predicted molar refractivity (Wildman–Crippen MR) is 46.3 cm³/mol. The second-order valence-corrected chi connectivity index (χ2v) is 3.34. The molecule has 1 aromatic heterocycles. The quantitative estimate of drug-likeness (QED) is 0.611. The number of aromatic nitrogens is 1. The Morgan fingerprint density at radius 3 is 3.08 bits per heavy atom. The SMILES string of the molecule is O=C1CCc2nccc(Cl)c2C1. The van der Waals surface area contributed by atoms with Crippen LogP contribution >= 0.6 is 11.6 Å². The highest BCUT2D eigenvalue weighted by Crippen LogP contribution is 2.23. The van der Waals surface area contributed by atoms with Crippen LogP contribution in [0.3, 0.4) is 0 Å². The fourth-order valence-electron chi connectivity index (χ4n) is 1.45. The van der Waals surface area contributed by atoms with Gasteiger partial charge in [-0.05, 0) is 18.1 Å². The van der Waals surface area contributed by atoms with E-state index in [1.165, 1.54) is 0 Å². The van der Waals surface area contributed by atoms with Crippen LogP contribution in [-0.4, -0.2) is 10.8 Å². The van der Waals surface area contributed by atoms with Gasteiger partial charge in [-0.2, -0.15) is 0 Å². The molecule has 1 aliphatic rings. The number of aryl methyl sites for hydroxylation is 1. The van der Waals surface area contributed by atoms with Gasteiger partial charge in [0.15, 0.2) is 0 Å². The first-order valence-electron chi connectivity index (χ1n) is 3.91. The Labute approximate surface area is 75.6 Å². The highest BCUT2D eigenvalue weighted by Gasteiger charge is 2.18. The summed E-state index contributed by atoms with van der Waals surface area (Å²) in [7, 11) is 0. The van der Waals surface area contributed by atoms with Crippen molar-refractivity contribution in [3.05, 3.63) is 28.5 Å². The van der Waals surface area contributed by atoms with Crippen LogP contribution in [0, 0.1) is 0 Å². The van der Waals surface area contributed by atoms with Crippen LogP contribution in [0.5, 0.6) is 0 Å². The molecule has 3 heteroatoms. The topological polar surface area (TPSA) is 30.0 Å². The second kappa shape index (κ2) is 2.87. The summed E-state index contributed by atoms with van der Waals surface area (Å²) in [4.78, 5) is 15.3. The Kier molecular flexibility index (Phi) is 1.85. The van der Waals surface area contributed by atoms with Gasteiger partial charge in [0.2, 0.25) is 0 Å². The van der Waals surface area contributed by atoms with E-state index in [-0.39, 0.29) is 5.78 Å². The van der Waals surface area contributed by atoms with E-state index < -0.39 is 0 Å². The third kappa shape index (κ3) is 1.23. The lowest BCUT2D eigenvalue weighted by Gasteiger charge is -2.14. The molecule has 2 rings (SSSR count). The molecule has 0 saturated carbocycles. The molecule has 0 amide bonds. The smallest absolute Gasteiger partial charge is 0.137 e. The zero-order chi connectivity index (χ0) is 8.55. The van der Waals surface area contributed by atoms with E-state index in [9.17, 15) is 4.79 Å². The minimum Gasteiger partial charge on any atom is -0.299 e. The van der Waals surface area contributed by atoms with Gasteiger partial charge < -0.3 is 0 Å². The van der Waals surface area contributed by atoms with Crippen molar-refractivity contribution in [1.82, 2.24) is 4.98 Å². The van der Waals surface area contributed by atoms with Crippen molar-refractivity contribution in [3.8, 4) is 0 Å². The van der Waals surface area contributed by atoms with E-state index >= 15 is 0 Å². The molecule has 0 N–H and O–H groups in total. The number of hydrogen-bond donors (Lipinski definition) is 0. The zero-order valence-electron chi connectivity index (χ0n) is 6.51. The van der Waals surface area contributed by atoms with Crippen LogP contribution in [0.2, 0.25) is 5.02 Å². The average molecular weight is 182 g/mol. The molecule has 1 aromatic rings. The lowest BCUT2D eigenvalue weighted by Crippen LogP contribution is -2.14. The maximum absolute atomic E-state index is 11.1. The van der Waals surface area contributed by atoms with Crippen molar-refractivity contribution in [1.29, 1.82) is 0 Å². The standard InChI is InChI=1S/C9H8ClNO/c10-8-3-4-11-9-2-1-6(12)5-7(8)9/h3-4H,1-2,5H2. The summed E-state index contributed by atoms with van der Waals surface area (Å²) >= 11 is 5.92. The van der Waals surface area contributed by atoms with Gasteiger partial charge in [0.1, 0.15) is 5.78 Å². The summed E-state index contributed by atoms with van der Waals surface area (Å²) in [5.74, 6) is 0.261. The predicted octanol–water partition coefficient (Wildman–Crippen LogP) is 1.79. The number of carbonyl (C=O) groups excluding carboxylic acids is 1. The number of nitrogens with zero attached hydrogens (tertiary/aromatic N) is 1. The van der Waals surface area contributed by atoms with E-state index in [4.69, 9.17) is 11.6 Å². The molecule has 0 spiro atoms. The molecule has 0 fully saturated rings. The number of carbonyl (C=O) groups is 1. The molecule has 0 unspecified atom stereocenters. The van der Waals surface area contributed by atoms with Gasteiger partial charge in [0.25, 0.3) is 0 Å². The number of pyridine rings is 1. The molecule has 0 bridgehead atoms. The number of rotatable bonds is 0. The maximum atomic E-state index is 11.1. The molecular formula is C9H8ClNO. The van der Waals surface area contributed by atoms with E-state index in [1.54, 1.807) is 12.3 Å². The molecule has 0 atom stereocenters. The molecule has 0 aliphatic heterocycles. The molecule has 0 aromatic carbocycles. The zero-order valence-corrected chi connectivity index (χ0v) is 7.27. The Morgan fingerprint density at radius 2 is 2.25 bits per heavy atom. The third-order valence-corrected chi connectivity index (χ3v) is 2.46. The first-order valence-corrected chi connectivity index (χ1v) is 4.29. The van der Waals surface area contributed by atoms with Crippen LogP contribution in [0.4, 0.5) is 0 Å². The van der Waals surface area contributed by atoms with Crippen LogP contribution in [0.15, 0.2) is 12.3 Å². The minimum atomic E-state index is 0.261. The monoisotopic (exact) mass is 181 g/mol. The van der Waals surface area contributed by atoms with Crippen molar-refractivity contribution in [2.45, 2.75) is 19.3 Å². The van der Waals surface area contributed by atoms with Gasteiger partial charge in [0, 0.05) is 29.8 Å². The lowest BCUT2D eigenvalue weighted by atomic mass is 9.95. The molecule has 1 aliphatic carbocycles. The van der Waals surface area contributed by atoms with E-state index in [2.05, 4.69) is 4.98 Å². The Morgan fingerprint density at radius 1 is 1.42 bits per heavy atom. The second-order valence-electron chi connectivity index (χ2n) is 2.93. The Hall–Kier alpha value is -0.890. The van der Waals surface area contributed by atoms with E-state index in [1.807, 2.05) is 0 Å². The average Bonchev–Trinajstić information content (AvgIpc) is 2.07. The minimum absolute atomic E-state index is 0.261. The number of hydrogen-bond acceptors (Lipinski definition) is 2. The summed E-state index contributed by atoms with van der Waals surface area (Å²) in [6.45, 7) is 0. The normalized spacial score (nSPS) is 15.9. The van der Waals surface area contributed by atoms with Gasteiger partial charge in [-0.3, -0.25) is 9.78 Å². The number of Topliss-reactive ketones (excluding diaryl/α,β-unsaturated/α-hetero) is 1. The summed E-state index contributed by atoms with van der Waals surface area (Å²) in [5.41, 5.74) is 1.91. The van der Waals surface area contributed by atoms with Crippen molar-refractivity contribution in [2.75, 3.05) is 0 Å². The Bertz CT molecular complexity index is 335. The van der Waals surface area contributed by atoms with Crippen molar-refractivity contribution >= 4 is 17.4 Å². The van der Waals surface area contributed by atoms with Crippen molar-refractivity contribution < 1.29 is 4.79 Å². The maximum Gasteiger partial charge on any atom is 0.137 e. The molecule has 0 radical (unpaired) electrons. The largest absolute Gasteiger partial charge is 0.299 e. The molecule has 2 nitrogen and oxygen atoms in total. The Balaban J connectivity index is 2.50.